The Morgan fingerprint density at radius 3 is 1.83 bits per heavy atom. The molecule has 3 rings (SSSR count). The number of amides is 2. The average molecular weight is 478 g/mol. The lowest BCUT2D eigenvalue weighted by Crippen LogP contribution is -2.18. The van der Waals surface area contributed by atoms with Crippen LogP contribution in [0.15, 0.2) is 71.8 Å². The van der Waals surface area contributed by atoms with Crippen LogP contribution in [-0.4, -0.2) is 32.8 Å². The van der Waals surface area contributed by atoms with Gasteiger partial charge in [0.1, 0.15) is 0 Å². The minimum Gasteiger partial charge on any atom is -0.322 e. The predicted molar refractivity (Wildman–Crippen MR) is 122 cm³/mol. The van der Waals surface area contributed by atoms with Crippen LogP contribution in [0.25, 0.3) is 0 Å². The lowest BCUT2D eigenvalue weighted by Gasteiger charge is -2.06. The summed E-state index contributed by atoms with van der Waals surface area (Å²) in [6.07, 6.45) is 0.985. The molecule has 3 aromatic carbocycles. The molecule has 14 nitrogen and oxygen atoms in total. The first-order chi connectivity index (χ1) is 16.7. The maximum Gasteiger partial charge on any atom is 0.285 e. The molecule has 14 heteroatoms. The van der Waals surface area contributed by atoms with Crippen LogP contribution in [0.5, 0.6) is 0 Å². The Hall–Kier alpha value is -5.53. The van der Waals surface area contributed by atoms with Crippen molar-refractivity contribution in [2.75, 3.05) is 5.32 Å². The van der Waals surface area contributed by atoms with Gasteiger partial charge in [0.15, 0.2) is 0 Å². The summed E-state index contributed by atoms with van der Waals surface area (Å²) in [5.41, 5.74) is 1.69. The van der Waals surface area contributed by atoms with Gasteiger partial charge in [-0.1, -0.05) is 0 Å². The number of hydrazone groups is 1. The number of hydrogen-bond donors (Lipinski definition) is 2. The minimum absolute atomic E-state index is 0.0507. The standard InChI is InChI=1S/C21H14N6O8/c28-20(13-3-8-17(9-4-13)25(30)31)23-16-6-1-14(2-7-16)21(29)24-22-12-15-5-10-18(26(32)33)11-19(15)27(34)35/h1-12H,(H,23,28)(H,24,29)/b22-12-. The minimum atomic E-state index is -0.806. The molecule has 2 amide bonds. The zero-order valence-electron chi connectivity index (χ0n) is 17.5. The van der Waals surface area contributed by atoms with Crippen molar-refractivity contribution >= 4 is 40.8 Å². The topological polar surface area (TPSA) is 200 Å². The molecule has 0 aromatic heterocycles. The summed E-state index contributed by atoms with van der Waals surface area (Å²) in [5.74, 6) is -1.16. The molecule has 0 unspecified atom stereocenters. The summed E-state index contributed by atoms with van der Waals surface area (Å²) in [4.78, 5) is 55.0. The van der Waals surface area contributed by atoms with E-state index in [0.717, 1.165) is 24.4 Å². The Bertz CT molecular complexity index is 1350. The van der Waals surface area contributed by atoms with Gasteiger partial charge in [-0.3, -0.25) is 39.9 Å². The Morgan fingerprint density at radius 2 is 1.26 bits per heavy atom. The first-order valence-electron chi connectivity index (χ1n) is 9.58. The van der Waals surface area contributed by atoms with Crippen LogP contribution in [0.1, 0.15) is 26.3 Å². The zero-order valence-corrected chi connectivity index (χ0v) is 17.5. The highest BCUT2D eigenvalue weighted by atomic mass is 16.6. The summed E-state index contributed by atoms with van der Waals surface area (Å²) in [6.45, 7) is 0. The molecular weight excluding hydrogens is 464 g/mol. The second-order valence-corrected chi connectivity index (χ2v) is 6.79. The van der Waals surface area contributed by atoms with Gasteiger partial charge in [0.2, 0.25) is 0 Å². The zero-order chi connectivity index (χ0) is 25.5. The van der Waals surface area contributed by atoms with Crippen LogP contribution in [-0.2, 0) is 0 Å². The van der Waals surface area contributed by atoms with Crippen molar-refractivity contribution in [3.05, 3.63) is 114 Å². The summed E-state index contributed by atoms with van der Waals surface area (Å²) in [6, 6.07) is 13.7. The Kier molecular flexibility index (Phi) is 7.16. The highest BCUT2D eigenvalue weighted by Crippen LogP contribution is 2.23. The highest BCUT2D eigenvalue weighted by Gasteiger charge is 2.18. The summed E-state index contributed by atoms with van der Waals surface area (Å²) >= 11 is 0. The van der Waals surface area contributed by atoms with Gasteiger partial charge in [0.25, 0.3) is 28.9 Å². The van der Waals surface area contributed by atoms with Gasteiger partial charge in [-0.2, -0.15) is 5.10 Å². The largest absolute Gasteiger partial charge is 0.322 e. The Morgan fingerprint density at radius 1 is 0.714 bits per heavy atom. The molecule has 2 N–H and O–H groups in total. The molecule has 3 aromatic rings. The van der Waals surface area contributed by atoms with Gasteiger partial charge < -0.3 is 5.32 Å². The van der Waals surface area contributed by atoms with E-state index in [1.54, 1.807) is 0 Å². The number of anilines is 1. The van der Waals surface area contributed by atoms with Crippen molar-refractivity contribution in [1.29, 1.82) is 0 Å². The first kappa shape index (κ1) is 24.1. The van der Waals surface area contributed by atoms with Gasteiger partial charge >= 0.3 is 0 Å². The van der Waals surface area contributed by atoms with E-state index in [0.29, 0.717) is 5.69 Å². The molecule has 0 aliphatic heterocycles. The normalized spacial score (nSPS) is 10.5. The third kappa shape index (κ3) is 6.04. The van der Waals surface area contributed by atoms with Crippen LogP contribution in [0.3, 0.4) is 0 Å². The molecule has 176 valence electrons. The molecule has 0 heterocycles. The molecular formula is C21H14N6O8. The van der Waals surface area contributed by atoms with Gasteiger partial charge in [-0.25, -0.2) is 5.43 Å². The SMILES string of the molecule is O=C(N/N=C\c1ccc([N+](=O)[O-])cc1[N+](=O)[O-])c1ccc(NC(=O)c2ccc([N+](=O)[O-])cc2)cc1. The maximum atomic E-state index is 12.3. The Labute approximate surface area is 195 Å². The van der Waals surface area contributed by atoms with E-state index in [2.05, 4.69) is 15.8 Å². The van der Waals surface area contributed by atoms with E-state index in [1.807, 2.05) is 0 Å². The third-order valence-corrected chi connectivity index (χ3v) is 4.54. The number of hydrogen-bond acceptors (Lipinski definition) is 9. The van der Waals surface area contributed by atoms with Crippen molar-refractivity contribution in [3.8, 4) is 0 Å². The molecule has 0 aliphatic rings. The smallest absolute Gasteiger partial charge is 0.285 e. The second kappa shape index (κ2) is 10.4. The lowest BCUT2D eigenvalue weighted by molar-refractivity contribution is -0.394. The van der Waals surface area contributed by atoms with Crippen molar-refractivity contribution in [3.63, 3.8) is 0 Å². The molecule has 0 atom stereocenters. The fourth-order valence-corrected chi connectivity index (χ4v) is 2.78. The Balaban J connectivity index is 1.63. The van der Waals surface area contributed by atoms with Gasteiger partial charge in [-0.15, -0.1) is 0 Å². The fourth-order valence-electron chi connectivity index (χ4n) is 2.78. The van der Waals surface area contributed by atoms with Crippen LogP contribution in [0, 0.1) is 30.3 Å². The van der Waals surface area contributed by atoms with Crippen LogP contribution in [0.4, 0.5) is 22.7 Å². The van der Waals surface area contributed by atoms with E-state index >= 15 is 0 Å². The quantitative estimate of drug-likeness (QED) is 0.278. The molecule has 0 radical (unpaired) electrons. The average Bonchev–Trinajstić information content (AvgIpc) is 2.84. The third-order valence-electron chi connectivity index (χ3n) is 4.54. The number of carbonyl (C=O) groups is 2. The lowest BCUT2D eigenvalue weighted by atomic mass is 10.1. The van der Waals surface area contributed by atoms with E-state index < -0.39 is 38.0 Å². The highest BCUT2D eigenvalue weighted by molar-refractivity contribution is 6.04. The van der Waals surface area contributed by atoms with Crippen molar-refractivity contribution in [2.45, 2.75) is 0 Å². The van der Waals surface area contributed by atoms with E-state index in [9.17, 15) is 39.9 Å². The van der Waals surface area contributed by atoms with E-state index in [1.165, 1.54) is 48.5 Å². The van der Waals surface area contributed by atoms with Gasteiger partial charge in [0.05, 0.1) is 32.6 Å². The molecule has 0 spiro atoms. The van der Waals surface area contributed by atoms with Crippen LogP contribution in [0.2, 0.25) is 0 Å². The van der Waals surface area contributed by atoms with Gasteiger partial charge in [0, 0.05) is 35.0 Å². The maximum absolute atomic E-state index is 12.3. The molecule has 0 aliphatic carbocycles. The van der Waals surface area contributed by atoms with E-state index in [-0.39, 0.29) is 22.4 Å². The number of nitro benzene ring substituents is 3. The number of benzene rings is 3. The predicted octanol–water partition coefficient (Wildman–Crippen LogP) is 3.43. The molecule has 0 saturated carbocycles. The van der Waals surface area contributed by atoms with Crippen molar-refractivity contribution in [2.24, 2.45) is 5.10 Å². The van der Waals surface area contributed by atoms with Gasteiger partial charge in [-0.05, 0) is 42.5 Å². The van der Waals surface area contributed by atoms with Crippen LogP contribution < -0.4 is 10.7 Å². The molecule has 0 saturated heterocycles. The number of nitrogens with one attached hydrogen (secondary N) is 2. The summed E-state index contributed by atoms with van der Waals surface area (Å²) in [7, 11) is 0. The number of nitro groups is 3. The fraction of sp³-hybridized carbons (Fsp3) is 0. The monoisotopic (exact) mass is 478 g/mol. The number of nitrogens with zero attached hydrogens (tertiary/aromatic N) is 4. The van der Waals surface area contributed by atoms with Crippen molar-refractivity contribution < 1.29 is 24.4 Å². The molecule has 0 bridgehead atoms. The summed E-state index contributed by atoms with van der Waals surface area (Å²) in [5, 5.41) is 38.8. The number of carbonyl (C=O) groups excluding carboxylic acids is 2. The second-order valence-electron chi connectivity index (χ2n) is 6.79. The summed E-state index contributed by atoms with van der Waals surface area (Å²) < 4.78 is 0. The van der Waals surface area contributed by atoms with Crippen molar-refractivity contribution in [1.82, 2.24) is 5.43 Å². The van der Waals surface area contributed by atoms with Crippen LogP contribution >= 0.6 is 0 Å². The van der Waals surface area contributed by atoms with E-state index in [4.69, 9.17) is 0 Å². The molecule has 35 heavy (non-hydrogen) atoms. The number of rotatable bonds is 8. The number of non-ortho nitro benzene ring substituents is 2. The molecule has 0 fully saturated rings. The first-order valence-corrected chi connectivity index (χ1v) is 9.58.